The van der Waals surface area contributed by atoms with Crippen molar-refractivity contribution in [3.63, 3.8) is 0 Å². The second-order valence-electron chi connectivity index (χ2n) is 4.53. The maximum absolute atomic E-state index is 4.96. The maximum atomic E-state index is 4.96. The third kappa shape index (κ3) is 7.46. The van der Waals surface area contributed by atoms with Crippen molar-refractivity contribution < 1.29 is 0 Å². The molecule has 1 aromatic rings. The first kappa shape index (κ1) is 17.1. The Hall–Kier alpha value is -0.860. The molecule has 0 saturated heterocycles. The minimum atomic E-state index is 0.941. The summed E-state index contributed by atoms with van der Waals surface area (Å²) in [5.41, 5.74) is 7.00. The van der Waals surface area contributed by atoms with Crippen LogP contribution in [0.4, 0.5) is 0 Å². The van der Waals surface area contributed by atoms with Crippen LogP contribution in [-0.2, 0) is 19.3 Å². The molecule has 0 heterocycles. The van der Waals surface area contributed by atoms with Crippen molar-refractivity contribution in [2.75, 3.05) is 6.54 Å². The van der Waals surface area contributed by atoms with Crippen LogP contribution in [0.25, 0.3) is 0 Å². The predicted octanol–water partition coefficient (Wildman–Crippen LogP) is 3.62. The second-order valence-corrected chi connectivity index (χ2v) is 4.53. The number of nitrogens with one attached hydrogen (secondary N) is 1. The Balaban J connectivity index is 0.000000411. The van der Waals surface area contributed by atoms with E-state index in [2.05, 4.69) is 51.3 Å². The highest BCUT2D eigenvalue weighted by Crippen LogP contribution is 2.12. The quantitative estimate of drug-likeness (QED) is 0.460. The fraction of sp³-hybridized carbons (Fsp3) is 0.625. The van der Waals surface area contributed by atoms with Gasteiger partial charge in [-0.15, -0.1) is 0 Å². The number of unbranched alkanes of at least 4 members (excludes halogenated alkanes) is 1. The van der Waals surface area contributed by atoms with Crippen LogP contribution in [0.1, 0.15) is 57.2 Å². The van der Waals surface area contributed by atoms with E-state index in [9.17, 15) is 0 Å². The zero-order valence-corrected chi connectivity index (χ0v) is 12.6. The first-order valence-corrected chi connectivity index (χ1v) is 7.26. The minimum absolute atomic E-state index is 0.941. The maximum Gasteiger partial charge on any atom is 0.00973 e. The van der Waals surface area contributed by atoms with Crippen molar-refractivity contribution in [3.05, 3.63) is 34.9 Å². The number of benzene rings is 1. The van der Waals surface area contributed by atoms with Gasteiger partial charge in [-0.25, -0.2) is 0 Å². The van der Waals surface area contributed by atoms with E-state index in [0.29, 0.717) is 0 Å². The number of rotatable bonds is 6. The number of aryl methyl sites for hydroxylation is 3. The average molecular weight is 250 g/mol. The van der Waals surface area contributed by atoms with E-state index in [1.165, 1.54) is 29.5 Å². The Labute approximate surface area is 113 Å². The van der Waals surface area contributed by atoms with Gasteiger partial charge in [0, 0.05) is 6.54 Å². The normalized spacial score (nSPS) is 9.83. The van der Waals surface area contributed by atoms with Gasteiger partial charge in [-0.05, 0) is 42.4 Å². The Morgan fingerprint density at radius 3 is 1.39 bits per heavy atom. The van der Waals surface area contributed by atoms with Crippen molar-refractivity contribution in [2.45, 2.75) is 59.8 Å². The summed E-state index contributed by atoms with van der Waals surface area (Å²) in [4.78, 5) is 0. The zero-order valence-electron chi connectivity index (χ0n) is 12.6. The molecule has 3 N–H and O–H groups in total. The number of nitrogens with two attached hydrogens (primary N) is 1. The van der Waals surface area contributed by atoms with Crippen molar-refractivity contribution in [3.8, 4) is 0 Å². The van der Waals surface area contributed by atoms with Gasteiger partial charge >= 0.3 is 0 Å². The smallest absolute Gasteiger partial charge is 0.00973 e. The number of hydrazine groups is 1. The van der Waals surface area contributed by atoms with E-state index in [1.807, 2.05) is 0 Å². The van der Waals surface area contributed by atoms with Crippen LogP contribution in [0.15, 0.2) is 18.2 Å². The summed E-state index contributed by atoms with van der Waals surface area (Å²) in [5, 5.41) is 0. The summed E-state index contributed by atoms with van der Waals surface area (Å²) in [7, 11) is 0. The van der Waals surface area contributed by atoms with Crippen molar-refractivity contribution >= 4 is 0 Å². The standard InChI is InChI=1S/C12H18.C4H12N2/c1-4-10-7-11(5-2)9-12(6-3)8-10;1-2-3-4-6-5/h7-9H,4-6H2,1-3H3;6H,2-5H2,1H3. The summed E-state index contributed by atoms with van der Waals surface area (Å²) < 4.78 is 0. The lowest BCUT2D eigenvalue weighted by Crippen LogP contribution is -2.22. The highest BCUT2D eigenvalue weighted by atomic mass is 15.2. The molecule has 0 radical (unpaired) electrons. The SMILES string of the molecule is CCCCNN.CCc1cc(CC)cc(CC)c1. The Morgan fingerprint density at radius 1 is 0.833 bits per heavy atom. The van der Waals surface area contributed by atoms with Gasteiger partial charge in [0.25, 0.3) is 0 Å². The largest absolute Gasteiger partial charge is 0.271 e. The summed E-state index contributed by atoms with van der Waals surface area (Å²) in [5.74, 6) is 4.96. The molecular weight excluding hydrogens is 220 g/mol. The molecule has 0 unspecified atom stereocenters. The van der Waals surface area contributed by atoms with E-state index in [4.69, 9.17) is 5.84 Å². The molecule has 0 aliphatic rings. The predicted molar refractivity (Wildman–Crippen MR) is 81.7 cm³/mol. The van der Waals surface area contributed by atoms with Gasteiger partial charge < -0.3 is 0 Å². The first-order chi connectivity index (χ1) is 8.71. The van der Waals surface area contributed by atoms with Gasteiger partial charge in [-0.1, -0.05) is 52.3 Å². The summed E-state index contributed by atoms with van der Waals surface area (Å²) in [6.07, 6.45) is 5.85. The molecule has 104 valence electrons. The van der Waals surface area contributed by atoms with Crippen molar-refractivity contribution in [1.82, 2.24) is 5.43 Å². The van der Waals surface area contributed by atoms with Gasteiger partial charge in [0.05, 0.1) is 0 Å². The molecule has 1 rings (SSSR count). The fourth-order valence-corrected chi connectivity index (χ4v) is 1.73. The molecule has 0 bridgehead atoms. The zero-order chi connectivity index (χ0) is 13.8. The van der Waals surface area contributed by atoms with Crippen molar-refractivity contribution in [2.24, 2.45) is 5.84 Å². The van der Waals surface area contributed by atoms with Crippen LogP contribution in [0.2, 0.25) is 0 Å². The monoisotopic (exact) mass is 250 g/mol. The van der Waals surface area contributed by atoms with Gasteiger partial charge in [-0.2, -0.15) is 0 Å². The van der Waals surface area contributed by atoms with Gasteiger partial charge in [0.1, 0.15) is 0 Å². The molecule has 0 saturated carbocycles. The molecule has 0 atom stereocenters. The Morgan fingerprint density at radius 2 is 1.22 bits per heavy atom. The van der Waals surface area contributed by atoms with Crippen LogP contribution >= 0.6 is 0 Å². The molecule has 0 aromatic heterocycles. The fourth-order valence-electron chi connectivity index (χ4n) is 1.73. The molecule has 18 heavy (non-hydrogen) atoms. The molecule has 0 amide bonds. The molecule has 0 aliphatic heterocycles. The third-order valence-corrected chi connectivity index (χ3v) is 3.01. The lowest BCUT2D eigenvalue weighted by atomic mass is 10.0. The molecule has 2 heteroatoms. The molecule has 0 fully saturated rings. The van der Waals surface area contributed by atoms with Crippen LogP contribution in [-0.4, -0.2) is 6.54 Å². The van der Waals surface area contributed by atoms with E-state index < -0.39 is 0 Å². The van der Waals surface area contributed by atoms with E-state index >= 15 is 0 Å². The second kappa shape index (κ2) is 11.2. The van der Waals surface area contributed by atoms with E-state index in [-0.39, 0.29) is 0 Å². The highest BCUT2D eigenvalue weighted by Gasteiger charge is 1.96. The molecule has 1 aromatic carbocycles. The lowest BCUT2D eigenvalue weighted by molar-refractivity contribution is 0.669. The summed E-state index contributed by atoms with van der Waals surface area (Å²) >= 11 is 0. The number of hydrogen-bond donors (Lipinski definition) is 2. The molecule has 0 aliphatic carbocycles. The number of hydrogen-bond acceptors (Lipinski definition) is 2. The molecule has 0 spiro atoms. The third-order valence-electron chi connectivity index (χ3n) is 3.01. The van der Waals surface area contributed by atoms with E-state index in [0.717, 1.165) is 25.8 Å². The average Bonchev–Trinajstić information content (AvgIpc) is 2.44. The van der Waals surface area contributed by atoms with Crippen LogP contribution in [0, 0.1) is 0 Å². The first-order valence-electron chi connectivity index (χ1n) is 7.26. The van der Waals surface area contributed by atoms with Crippen molar-refractivity contribution in [1.29, 1.82) is 0 Å². The summed E-state index contributed by atoms with van der Waals surface area (Å²) in [6.45, 7) is 9.73. The van der Waals surface area contributed by atoms with E-state index in [1.54, 1.807) is 0 Å². The van der Waals surface area contributed by atoms with Crippen LogP contribution < -0.4 is 11.3 Å². The van der Waals surface area contributed by atoms with Crippen LogP contribution in [0.3, 0.4) is 0 Å². The Bertz CT molecular complexity index is 249. The molecular formula is C16H30N2. The minimum Gasteiger partial charge on any atom is -0.271 e. The van der Waals surface area contributed by atoms with Gasteiger partial charge in [-0.3, -0.25) is 11.3 Å². The lowest BCUT2D eigenvalue weighted by Gasteiger charge is -2.05. The summed E-state index contributed by atoms with van der Waals surface area (Å²) in [6, 6.07) is 6.96. The Kier molecular flexibility index (Phi) is 10.7. The topological polar surface area (TPSA) is 38.0 Å². The highest BCUT2D eigenvalue weighted by molar-refractivity contribution is 5.30. The molecule has 2 nitrogen and oxygen atoms in total. The van der Waals surface area contributed by atoms with Gasteiger partial charge in [0.15, 0.2) is 0 Å². The van der Waals surface area contributed by atoms with Crippen LogP contribution in [0.5, 0.6) is 0 Å². The van der Waals surface area contributed by atoms with Gasteiger partial charge in [0.2, 0.25) is 0 Å².